The predicted molar refractivity (Wildman–Crippen MR) is 158 cm³/mol. The van der Waals surface area contributed by atoms with Gasteiger partial charge in [-0.2, -0.15) is 0 Å². The predicted octanol–water partition coefficient (Wildman–Crippen LogP) is 5.41. The van der Waals surface area contributed by atoms with Gasteiger partial charge in [0.05, 0.1) is 17.2 Å². The van der Waals surface area contributed by atoms with Gasteiger partial charge in [0.15, 0.2) is 0 Å². The maximum absolute atomic E-state index is 14.0. The van der Waals surface area contributed by atoms with E-state index in [9.17, 15) is 22.4 Å². The lowest BCUT2D eigenvalue weighted by molar-refractivity contribution is -0.139. The second-order valence-electron chi connectivity index (χ2n) is 9.51. The van der Waals surface area contributed by atoms with E-state index in [0.29, 0.717) is 17.0 Å². The summed E-state index contributed by atoms with van der Waals surface area (Å²) in [5.74, 6) is -1.20. The van der Waals surface area contributed by atoms with Crippen molar-refractivity contribution in [3.05, 3.63) is 89.2 Å². The average molecular weight is 604 g/mol. The summed E-state index contributed by atoms with van der Waals surface area (Å²) in [5, 5.41) is 3.23. The summed E-state index contributed by atoms with van der Waals surface area (Å²) in [5.41, 5.74) is 0.737. The zero-order valence-corrected chi connectivity index (χ0v) is 25.1. The highest BCUT2D eigenvalue weighted by Crippen LogP contribution is 2.33. The van der Waals surface area contributed by atoms with Gasteiger partial charge in [0.2, 0.25) is 11.8 Å². The Hall–Kier alpha value is -3.63. The van der Waals surface area contributed by atoms with Crippen molar-refractivity contribution in [3.63, 3.8) is 0 Å². The fourth-order valence-electron chi connectivity index (χ4n) is 4.02. The van der Waals surface area contributed by atoms with Crippen LogP contribution in [0.15, 0.2) is 77.7 Å². The number of carbonyl (C=O) groups is 2. The molecule has 8 nitrogen and oxygen atoms in total. The van der Waals surface area contributed by atoms with Crippen LogP contribution in [-0.4, -0.2) is 50.4 Å². The third kappa shape index (κ3) is 8.20. The van der Waals surface area contributed by atoms with Gasteiger partial charge >= 0.3 is 0 Å². The van der Waals surface area contributed by atoms with Crippen molar-refractivity contribution in [2.24, 2.45) is 0 Å². The van der Waals surface area contributed by atoms with Crippen molar-refractivity contribution in [2.45, 2.75) is 57.6 Å². The zero-order valence-electron chi connectivity index (χ0n) is 23.5. The molecule has 11 heteroatoms. The summed E-state index contributed by atoms with van der Waals surface area (Å²) in [4.78, 5) is 28.3. The quantitative estimate of drug-likeness (QED) is 0.282. The second kappa shape index (κ2) is 14.3. The van der Waals surface area contributed by atoms with E-state index < -0.39 is 40.2 Å². The van der Waals surface area contributed by atoms with Gasteiger partial charge in [-0.25, -0.2) is 12.8 Å². The first-order chi connectivity index (χ1) is 19.5. The Kier molecular flexibility index (Phi) is 11.1. The molecule has 3 aromatic rings. The van der Waals surface area contributed by atoms with Crippen molar-refractivity contribution in [1.29, 1.82) is 0 Å². The van der Waals surface area contributed by atoms with Gasteiger partial charge in [0.25, 0.3) is 10.0 Å². The third-order valence-electron chi connectivity index (χ3n) is 6.55. The maximum atomic E-state index is 14.0. The van der Waals surface area contributed by atoms with Gasteiger partial charge < -0.3 is 15.0 Å². The number of sulfonamides is 1. The van der Waals surface area contributed by atoms with Crippen LogP contribution in [0, 0.1) is 5.82 Å². The molecule has 0 spiro atoms. The molecule has 2 unspecified atom stereocenters. The summed E-state index contributed by atoms with van der Waals surface area (Å²) >= 11 is 6.00. The molecule has 0 aliphatic carbocycles. The van der Waals surface area contributed by atoms with E-state index in [1.54, 1.807) is 38.1 Å². The van der Waals surface area contributed by atoms with Crippen LogP contribution in [0.5, 0.6) is 5.75 Å². The molecule has 0 aliphatic rings. The number of hydrogen-bond donors (Lipinski definition) is 1. The number of nitrogens with zero attached hydrogens (tertiary/aromatic N) is 2. The van der Waals surface area contributed by atoms with E-state index in [4.69, 9.17) is 16.3 Å². The fraction of sp³-hybridized carbons (Fsp3) is 0.333. The van der Waals surface area contributed by atoms with E-state index >= 15 is 0 Å². The highest BCUT2D eigenvalue weighted by molar-refractivity contribution is 7.92. The summed E-state index contributed by atoms with van der Waals surface area (Å²) in [6.07, 6.45) is 0.686. The Morgan fingerprint density at radius 1 is 0.976 bits per heavy atom. The number of halogens is 2. The molecule has 0 saturated carbocycles. The van der Waals surface area contributed by atoms with Crippen molar-refractivity contribution in [2.75, 3.05) is 17.5 Å². The first-order valence-electron chi connectivity index (χ1n) is 13.3. The number of carbonyl (C=O) groups excluding carboxylic acids is 2. The molecule has 0 saturated heterocycles. The van der Waals surface area contributed by atoms with E-state index in [-0.39, 0.29) is 35.5 Å². The molecule has 2 amide bonds. The highest BCUT2D eigenvalue weighted by atomic mass is 35.5. The van der Waals surface area contributed by atoms with E-state index in [0.717, 1.165) is 4.31 Å². The molecule has 0 radical (unpaired) electrons. The number of benzene rings is 3. The van der Waals surface area contributed by atoms with Crippen molar-refractivity contribution in [3.8, 4) is 5.75 Å². The lowest BCUT2D eigenvalue weighted by Crippen LogP contribution is -2.52. The Labute approximate surface area is 246 Å². The van der Waals surface area contributed by atoms with Gasteiger partial charge in [-0.1, -0.05) is 42.8 Å². The zero-order chi connectivity index (χ0) is 30.2. The Balaban J connectivity index is 2.07. The van der Waals surface area contributed by atoms with Crippen LogP contribution in [-0.2, 0) is 26.2 Å². The van der Waals surface area contributed by atoms with Gasteiger partial charge in [-0.05, 0) is 81.3 Å². The van der Waals surface area contributed by atoms with Crippen LogP contribution in [0.3, 0.4) is 0 Å². The van der Waals surface area contributed by atoms with Crippen LogP contribution in [0.2, 0.25) is 5.02 Å². The molecule has 1 N–H and O–H groups in total. The van der Waals surface area contributed by atoms with Crippen LogP contribution in [0.1, 0.15) is 39.7 Å². The molecule has 220 valence electrons. The molecular formula is C30H35ClFN3O5S. The minimum absolute atomic E-state index is 0.0455. The summed E-state index contributed by atoms with van der Waals surface area (Å²) in [7, 11) is -4.29. The molecular weight excluding hydrogens is 569 g/mol. The smallest absolute Gasteiger partial charge is 0.264 e. The molecule has 0 fully saturated rings. The number of para-hydroxylation sites is 2. The maximum Gasteiger partial charge on any atom is 0.264 e. The molecule has 0 aliphatic heterocycles. The van der Waals surface area contributed by atoms with Gasteiger partial charge in [-0.3, -0.25) is 13.9 Å². The van der Waals surface area contributed by atoms with Crippen molar-refractivity contribution >= 4 is 39.1 Å². The summed E-state index contributed by atoms with van der Waals surface area (Å²) < 4.78 is 48.2. The Morgan fingerprint density at radius 3 is 2.22 bits per heavy atom. The first kappa shape index (κ1) is 31.9. The minimum Gasteiger partial charge on any atom is -0.492 e. The fourth-order valence-corrected chi connectivity index (χ4v) is 5.57. The summed E-state index contributed by atoms with van der Waals surface area (Å²) in [6, 6.07) is 16.6. The molecule has 0 heterocycles. The van der Waals surface area contributed by atoms with E-state index in [1.165, 1.54) is 53.4 Å². The van der Waals surface area contributed by atoms with Crippen LogP contribution in [0.4, 0.5) is 10.1 Å². The van der Waals surface area contributed by atoms with Crippen LogP contribution < -0.4 is 14.4 Å². The molecule has 0 aromatic heterocycles. The third-order valence-corrected chi connectivity index (χ3v) is 8.57. The van der Waals surface area contributed by atoms with Crippen molar-refractivity contribution in [1.82, 2.24) is 10.2 Å². The van der Waals surface area contributed by atoms with E-state index in [2.05, 4.69) is 5.32 Å². The first-order valence-corrected chi connectivity index (χ1v) is 15.1. The van der Waals surface area contributed by atoms with Gasteiger partial charge in [0, 0.05) is 17.6 Å². The number of amides is 2. The molecule has 3 rings (SSSR count). The Bertz CT molecular complexity index is 1440. The molecule has 3 aromatic carbocycles. The number of nitrogens with one attached hydrogen (secondary N) is 1. The lowest BCUT2D eigenvalue weighted by atomic mass is 10.1. The molecule has 41 heavy (non-hydrogen) atoms. The summed E-state index contributed by atoms with van der Waals surface area (Å²) in [6.45, 7) is 6.71. The van der Waals surface area contributed by atoms with E-state index in [1.807, 2.05) is 13.8 Å². The molecule has 2 atom stereocenters. The SMILES string of the molecule is CCOc1ccccc1N(CC(=O)N(Cc1ccc(F)cc1)C(C)C(=O)NC(C)CC)S(=O)(=O)c1ccc(Cl)cc1. The highest BCUT2D eigenvalue weighted by Gasteiger charge is 2.34. The van der Waals surface area contributed by atoms with Gasteiger partial charge in [0.1, 0.15) is 24.2 Å². The normalized spacial score (nSPS) is 12.7. The number of hydrogen-bond acceptors (Lipinski definition) is 5. The van der Waals surface area contributed by atoms with Gasteiger partial charge in [-0.15, -0.1) is 0 Å². The van der Waals surface area contributed by atoms with Crippen LogP contribution >= 0.6 is 11.6 Å². The minimum atomic E-state index is -4.29. The topological polar surface area (TPSA) is 96.0 Å². The average Bonchev–Trinajstić information content (AvgIpc) is 2.95. The lowest BCUT2D eigenvalue weighted by Gasteiger charge is -2.33. The number of rotatable bonds is 13. The standard InChI is InChI=1S/C30H35ClFN3O5S/c1-5-21(3)33-30(37)22(4)34(19-23-11-15-25(32)16-12-23)29(36)20-35(27-9-7-8-10-28(27)40-6-2)41(38,39)26-17-13-24(31)14-18-26/h7-18,21-22H,5-6,19-20H2,1-4H3,(H,33,37). The Morgan fingerprint density at radius 2 is 1.61 bits per heavy atom. The molecule has 0 bridgehead atoms. The second-order valence-corrected chi connectivity index (χ2v) is 11.8. The van der Waals surface area contributed by atoms with Crippen LogP contribution in [0.25, 0.3) is 0 Å². The number of ether oxygens (including phenoxy) is 1. The monoisotopic (exact) mass is 603 g/mol. The van der Waals surface area contributed by atoms with Crippen molar-refractivity contribution < 1.29 is 27.1 Å². The number of anilines is 1. The largest absolute Gasteiger partial charge is 0.492 e.